The molecular weight excluding hydrogens is 320 g/mol. The quantitative estimate of drug-likeness (QED) is 0.395. The highest BCUT2D eigenvalue weighted by atomic mass is 32.2. The van der Waals surface area contributed by atoms with Gasteiger partial charge in [0, 0.05) is 29.4 Å². The molecule has 0 saturated heterocycles. The van der Waals surface area contributed by atoms with Gasteiger partial charge in [0.15, 0.2) is 5.96 Å². The lowest BCUT2D eigenvalue weighted by molar-refractivity contribution is 0.326. The van der Waals surface area contributed by atoms with E-state index in [4.69, 9.17) is 5.73 Å². The van der Waals surface area contributed by atoms with Crippen LogP contribution >= 0.6 is 11.3 Å². The van der Waals surface area contributed by atoms with Crippen LogP contribution in [0.3, 0.4) is 0 Å². The molecule has 1 aliphatic rings. The number of nitrogens with zero attached hydrogens (tertiary/aromatic N) is 1. The molecule has 1 aromatic heterocycles. The Kier molecular flexibility index (Phi) is 5.82. The third-order valence-electron chi connectivity index (χ3n) is 3.75. The fourth-order valence-electron chi connectivity index (χ4n) is 2.29. The summed E-state index contributed by atoms with van der Waals surface area (Å²) in [5.74, 6) is 1.05. The van der Waals surface area contributed by atoms with Crippen LogP contribution in [-0.2, 0) is 10.0 Å². The lowest BCUT2D eigenvalue weighted by Crippen LogP contribution is -2.38. The number of rotatable bonds is 7. The van der Waals surface area contributed by atoms with Crippen molar-refractivity contribution < 1.29 is 8.42 Å². The van der Waals surface area contributed by atoms with Gasteiger partial charge in [-0.05, 0) is 38.7 Å². The summed E-state index contributed by atoms with van der Waals surface area (Å²) < 4.78 is 26.9. The molecule has 2 rings (SSSR count). The topological polar surface area (TPSA) is 96.6 Å². The number of aliphatic imine (C=N–C) groups is 1. The number of sulfonamides is 1. The van der Waals surface area contributed by atoms with E-state index >= 15 is 0 Å². The Labute approximate surface area is 136 Å². The molecule has 1 heterocycles. The van der Waals surface area contributed by atoms with Gasteiger partial charge in [-0.15, -0.1) is 11.3 Å². The highest BCUT2D eigenvalue weighted by Crippen LogP contribution is 2.26. The van der Waals surface area contributed by atoms with Gasteiger partial charge >= 0.3 is 0 Å². The molecule has 0 unspecified atom stereocenters. The molecule has 0 aromatic carbocycles. The summed E-state index contributed by atoms with van der Waals surface area (Å²) in [7, 11) is -3.45. The number of nitrogens with two attached hydrogens (primary N) is 1. The van der Waals surface area contributed by atoms with Crippen LogP contribution in [0.25, 0.3) is 0 Å². The third kappa shape index (κ3) is 4.69. The summed E-state index contributed by atoms with van der Waals surface area (Å²) in [6, 6.07) is 1.70. The number of guanidine groups is 1. The highest BCUT2D eigenvalue weighted by Gasteiger charge is 2.18. The van der Waals surface area contributed by atoms with E-state index in [-0.39, 0.29) is 6.54 Å². The molecule has 22 heavy (non-hydrogen) atoms. The van der Waals surface area contributed by atoms with Crippen LogP contribution in [-0.4, -0.2) is 34.0 Å². The van der Waals surface area contributed by atoms with Crippen molar-refractivity contribution in [3.63, 3.8) is 0 Å². The van der Waals surface area contributed by atoms with Gasteiger partial charge in [-0.1, -0.05) is 6.42 Å². The second-order valence-corrected chi connectivity index (χ2v) is 8.82. The van der Waals surface area contributed by atoms with Crippen molar-refractivity contribution in [2.45, 2.75) is 38.0 Å². The van der Waals surface area contributed by atoms with E-state index in [1.54, 1.807) is 6.07 Å². The molecule has 0 atom stereocenters. The van der Waals surface area contributed by atoms with E-state index < -0.39 is 10.0 Å². The molecule has 4 N–H and O–H groups in total. The fourth-order valence-corrected chi connectivity index (χ4v) is 4.87. The Morgan fingerprint density at radius 3 is 2.68 bits per heavy atom. The molecule has 0 radical (unpaired) electrons. The van der Waals surface area contributed by atoms with Crippen LogP contribution in [0.5, 0.6) is 0 Å². The van der Waals surface area contributed by atoms with E-state index in [1.165, 1.54) is 30.6 Å². The predicted molar refractivity (Wildman–Crippen MR) is 90.8 cm³/mol. The minimum Gasteiger partial charge on any atom is -0.370 e. The molecule has 1 aromatic rings. The average molecular weight is 345 g/mol. The van der Waals surface area contributed by atoms with Crippen molar-refractivity contribution in [1.82, 2.24) is 10.0 Å². The van der Waals surface area contributed by atoms with Crippen LogP contribution in [0.2, 0.25) is 0 Å². The van der Waals surface area contributed by atoms with Crippen molar-refractivity contribution in [3.05, 3.63) is 15.8 Å². The maximum absolute atomic E-state index is 12.2. The maximum Gasteiger partial charge on any atom is 0.241 e. The van der Waals surface area contributed by atoms with Gasteiger partial charge in [0.2, 0.25) is 10.0 Å². The van der Waals surface area contributed by atoms with Crippen molar-refractivity contribution in [1.29, 1.82) is 0 Å². The van der Waals surface area contributed by atoms with Gasteiger partial charge in [0.05, 0.1) is 4.90 Å². The molecule has 0 spiro atoms. The van der Waals surface area contributed by atoms with Crippen LogP contribution in [0.15, 0.2) is 16.0 Å². The first-order valence-electron chi connectivity index (χ1n) is 7.49. The first-order chi connectivity index (χ1) is 10.4. The molecule has 8 heteroatoms. The van der Waals surface area contributed by atoms with Crippen LogP contribution < -0.4 is 15.8 Å². The lowest BCUT2D eigenvalue weighted by Gasteiger charge is -2.23. The Morgan fingerprint density at radius 1 is 1.41 bits per heavy atom. The first kappa shape index (κ1) is 17.2. The lowest BCUT2D eigenvalue weighted by atomic mass is 9.86. The summed E-state index contributed by atoms with van der Waals surface area (Å²) in [5.41, 5.74) is 5.75. The largest absolute Gasteiger partial charge is 0.370 e. The summed E-state index contributed by atoms with van der Waals surface area (Å²) in [5, 5.41) is 2.93. The van der Waals surface area contributed by atoms with Crippen LogP contribution in [0.4, 0.5) is 0 Å². The van der Waals surface area contributed by atoms with Gasteiger partial charge in [-0.2, -0.15) is 0 Å². The van der Waals surface area contributed by atoms with Crippen LogP contribution in [0, 0.1) is 19.8 Å². The predicted octanol–water partition coefficient (Wildman–Crippen LogP) is 1.35. The smallest absolute Gasteiger partial charge is 0.241 e. The van der Waals surface area contributed by atoms with E-state index in [1.807, 2.05) is 13.8 Å². The normalized spacial score (nSPS) is 16.5. The Morgan fingerprint density at radius 2 is 2.14 bits per heavy atom. The molecule has 1 fully saturated rings. The van der Waals surface area contributed by atoms with Gasteiger partial charge in [-0.3, -0.25) is 4.99 Å². The molecule has 0 aliphatic heterocycles. The average Bonchev–Trinajstić information content (AvgIpc) is 2.73. The highest BCUT2D eigenvalue weighted by molar-refractivity contribution is 7.89. The minimum absolute atomic E-state index is 0.274. The van der Waals surface area contributed by atoms with Gasteiger partial charge in [0.25, 0.3) is 0 Å². The monoisotopic (exact) mass is 344 g/mol. The summed E-state index contributed by atoms with van der Waals surface area (Å²) in [4.78, 5) is 6.42. The molecular formula is C14H24N4O2S2. The van der Waals surface area contributed by atoms with Gasteiger partial charge in [0.1, 0.15) is 0 Å². The van der Waals surface area contributed by atoms with Gasteiger partial charge in [-0.25, -0.2) is 13.1 Å². The first-order valence-corrected chi connectivity index (χ1v) is 9.79. The molecule has 6 nitrogen and oxygen atoms in total. The number of nitrogens with one attached hydrogen (secondary N) is 2. The number of hydrogen-bond acceptors (Lipinski definition) is 4. The van der Waals surface area contributed by atoms with Crippen molar-refractivity contribution in [2.24, 2.45) is 16.6 Å². The van der Waals surface area contributed by atoms with Crippen molar-refractivity contribution in [2.75, 3.05) is 19.6 Å². The van der Waals surface area contributed by atoms with Gasteiger partial charge < -0.3 is 11.1 Å². The molecule has 124 valence electrons. The van der Waals surface area contributed by atoms with E-state index in [0.29, 0.717) is 23.3 Å². The fraction of sp³-hybridized carbons (Fsp3) is 0.643. The van der Waals surface area contributed by atoms with E-state index in [0.717, 1.165) is 16.3 Å². The second-order valence-electron chi connectivity index (χ2n) is 5.62. The zero-order valence-corrected chi connectivity index (χ0v) is 14.7. The van der Waals surface area contributed by atoms with Crippen molar-refractivity contribution in [3.8, 4) is 0 Å². The van der Waals surface area contributed by atoms with Crippen LogP contribution in [0.1, 0.15) is 29.0 Å². The summed E-state index contributed by atoms with van der Waals surface area (Å²) >= 11 is 1.48. The standard InChI is InChI=1S/C14H24N4O2S2/c1-10-8-13(11(2)21-10)22(19,20)18-7-6-16-14(15)17-9-12-4-3-5-12/h8,12,18H,3-7,9H2,1-2H3,(H3,15,16,17). The molecule has 1 aliphatic carbocycles. The molecule has 0 bridgehead atoms. The number of aryl methyl sites for hydroxylation is 2. The minimum atomic E-state index is -3.45. The summed E-state index contributed by atoms with van der Waals surface area (Å²) in [6.07, 6.45) is 3.75. The third-order valence-corrected chi connectivity index (χ3v) is 6.44. The van der Waals surface area contributed by atoms with Crippen molar-refractivity contribution >= 4 is 27.3 Å². The zero-order chi connectivity index (χ0) is 16.2. The molecule has 0 amide bonds. The Hall–Kier alpha value is -1.12. The SMILES string of the molecule is Cc1cc(S(=O)(=O)NCCNC(N)=NCC2CCC2)c(C)s1. The Bertz CT molecular complexity index is 633. The second kappa shape index (κ2) is 7.43. The summed E-state index contributed by atoms with van der Waals surface area (Å²) in [6.45, 7) is 5.17. The molecule has 1 saturated carbocycles. The van der Waals surface area contributed by atoms with E-state index in [2.05, 4.69) is 15.0 Å². The number of thiophene rings is 1. The van der Waals surface area contributed by atoms with E-state index in [9.17, 15) is 8.42 Å². The zero-order valence-electron chi connectivity index (χ0n) is 13.1. The Balaban J connectivity index is 1.74. The number of hydrogen-bond donors (Lipinski definition) is 3. The maximum atomic E-state index is 12.2.